The van der Waals surface area contributed by atoms with E-state index in [4.69, 9.17) is 9.16 Å². The van der Waals surface area contributed by atoms with Crippen LogP contribution in [0.1, 0.15) is 39.2 Å². The Morgan fingerprint density at radius 2 is 1.57 bits per heavy atom. The third-order valence-corrected chi connectivity index (χ3v) is 13.4. The van der Waals surface area contributed by atoms with Crippen molar-refractivity contribution in [3.05, 3.63) is 66.2 Å². The Bertz CT molecular complexity index is 936. The molecule has 0 bridgehead atoms. The van der Waals surface area contributed by atoms with Crippen molar-refractivity contribution in [2.24, 2.45) is 0 Å². The van der Waals surface area contributed by atoms with Gasteiger partial charge in [-0.15, -0.1) is 0 Å². The first-order valence-corrected chi connectivity index (χ1v) is 15.0. The first kappa shape index (κ1) is 23.2. The van der Waals surface area contributed by atoms with Crippen LogP contribution in [0, 0.1) is 0 Å². The van der Waals surface area contributed by atoms with Gasteiger partial charge in [0.2, 0.25) is 14.8 Å². The summed E-state index contributed by atoms with van der Waals surface area (Å²) in [5.74, 6) is 0. The van der Waals surface area contributed by atoms with Crippen molar-refractivity contribution in [1.82, 2.24) is 0 Å². The van der Waals surface area contributed by atoms with E-state index in [0.717, 1.165) is 12.8 Å². The molecule has 3 rings (SSSR count). The normalized spacial score (nSPS) is 22.1. The molecule has 0 aromatic heterocycles. The summed E-state index contributed by atoms with van der Waals surface area (Å²) >= 11 is 0. The second kappa shape index (κ2) is 8.58. The van der Waals surface area contributed by atoms with Crippen molar-refractivity contribution in [1.29, 1.82) is 0 Å². The molecule has 0 spiro atoms. The van der Waals surface area contributed by atoms with E-state index in [0.29, 0.717) is 17.9 Å². The van der Waals surface area contributed by atoms with Gasteiger partial charge in [-0.1, -0.05) is 69.3 Å². The van der Waals surface area contributed by atoms with Gasteiger partial charge in [0.05, 0.1) is 11.5 Å². The largest absolute Gasteiger partial charge is 0.414 e. The quantitative estimate of drug-likeness (QED) is 0.372. The van der Waals surface area contributed by atoms with Gasteiger partial charge in [0.15, 0.2) is 8.32 Å². The Labute approximate surface area is 182 Å². The van der Waals surface area contributed by atoms with Crippen molar-refractivity contribution in [3.63, 3.8) is 0 Å². The Morgan fingerprint density at radius 3 is 2.13 bits per heavy atom. The summed E-state index contributed by atoms with van der Waals surface area (Å²) in [5, 5.41) is 0.0656. The molecule has 0 aliphatic carbocycles. The maximum absolute atomic E-state index is 13.5. The zero-order valence-electron chi connectivity index (χ0n) is 18.7. The average molecular weight is 447 g/mol. The standard InChI is InChI=1S/C24H34O4SSi/c1-23(2,3)30(4,5)27-19-22-24(28-22,18-12-15-20-13-8-6-9-14-20)29(25,26)21-16-10-7-11-17-21/h6-11,13-14,16-17,22H,12,15,18-19H2,1-5H3/t22-,24-/m0/s1. The maximum atomic E-state index is 13.5. The van der Waals surface area contributed by atoms with Crippen LogP contribution in [0.2, 0.25) is 18.1 Å². The van der Waals surface area contributed by atoms with Gasteiger partial charge in [-0.25, -0.2) is 8.42 Å². The topological polar surface area (TPSA) is 55.9 Å². The van der Waals surface area contributed by atoms with Crippen LogP contribution in [-0.2, 0) is 25.4 Å². The molecule has 30 heavy (non-hydrogen) atoms. The third kappa shape index (κ3) is 4.72. The van der Waals surface area contributed by atoms with Crippen LogP contribution in [-0.4, -0.2) is 34.4 Å². The zero-order chi connectivity index (χ0) is 22.0. The maximum Gasteiger partial charge on any atom is 0.210 e. The minimum atomic E-state index is -3.62. The highest BCUT2D eigenvalue weighted by atomic mass is 32.2. The molecule has 1 aliphatic rings. The summed E-state index contributed by atoms with van der Waals surface area (Å²) in [6, 6.07) is 18.8. The van der Waals surface area contributed by atoms with Gasteiger partial charge in [0.25, 0.3) is 0 Å². The minimum absolute atomic E-state index is 0.0656. The molecule has 1 saturated heterocycles. The lowest BCUT2D eigenvalue weighted by atomic mass is 10.1. The lowest BCUT2D eigenvalue weighted by Crippen LogP contribution is -2.42. The fraction of sp³-hybridized carbons (Fsp3) is 0.500. The van der Waals surface area contributed by atoms with Gasteiger partial charge in [-0.05, 0) is 55.1 Å². The van der Waals surface area contributed by atoms with E-state index in [1.807, 2.05) is 24.3 Å². The molecule has 164 valence electrons. The lowest BCUT2D eigenvalue weighted by molar-refractivity contribution is 0.239. The van der Waals surface area contributed by atoms with E-state index >= 15 is 0 Å². The molecule has 4 nitrogen and oxygen atoms in total. The number of rotatable bonds is 9. The summed E-state index contributed by atoms with van der Waals surface area (Å²) in [6.07, 6.45) is 1.61. The van der Waals surface area contributed by atoms with Crippen LogP contribution in [0.25, 0.3) is 0 Å². The predicted octanol–water partition coefficient (Wildman–Crippen LogP) is 5.60. The van der Waals surface area contributed by atoms with E-state index in [1.54, 1.807) is 24.3 Å². The monoisotopic (exact) mass is 446 g/mol. The molecule has 0 amide bonds. The molecule has 1 aliphatic heterocycles. The number of benzene rings is 2. The SMILES string of the molecule is CC(C)(C)[Si](C)(C)OC[C@@H]1O[C@@]1(CCCc1ccccc1)S(=O)(=O)c1ccccc1. The molecule has 2 aromatic rings. The van der Waals surface area contributed by atoms with Gasteiger partial charge in [-0.3, -0.25) is 0 Å². The first-order chi connectivity index (χ1) is 14.0. The van der Waals surface area contributed by atoms with Gasteiger partial charge in [0, 0.05) is 0 Å². The molecule has 0 N–H and O–H groups in total. The molecule has 0 radical (unpaired) electrons. The average Bonchev–Trinajstić information content (AvgIpc) is 3.42. The Balaban J connectivity index is 1.77. The summed E-state index contributed by atoms with van der Waals surface area (Å²) in [6.45, 7) is 11.2. The molecular formula is C24H34O4SSi. The Kier molecular flexibility index (Phi) is 6.63. The number of epoxide rings is 1. The number of ether oxygens (including phenoxy) is 1. The fourth-order valence-electron chi connectivity index (χ4n) is 3.44. The first-order valence-electron chi connectivity index (χ1n) is 10.6. The fourth-order valence-corrected chi connectivity index (χ4v) is 6.43. The van der Waals surface area contributed by atoms with Gasteiger partial charge in [0.1, 0.15) is 6.10 Å². The molecule has 2 atom stereocenters. The van der Waals surface area contributed by atoms with E-state index < -0.39 is 29.2 Å². The number of hydrogen-bond donors (Lipinski definition) is 0. The van der Waals surface area contributed by atoms with Gasteiger partial charge < -0.3 is 9.16 Å². The van der Waals surface area contributed by atoms with Crippen LogP contribution in [0.5, 0.6) is 0 Å². The highest BCUT2D eigenvalue weighted by Gasteiger charge is 2.66. The van der Waals surface area contributed by atoms with Crippen LogP contribution >= 0.6 is 0 Å². The van der Waals surface area contributed by atoms with Crippen molar-refractivity contribution in [2.75, 3.05) is 6.61 Å². The van der Waals surface area contributed by atoms with Crippen molar-refractivity contribution in [2.45, 2.75) is 74.1 Å². The molecular weight excluding hydrogens is 412 g/mol. The molecule has 0 saturated carbocycles. The van der Waals surface area contributed by atoms with E-state index in [1.165, 1.54) is 5.56 Å². The summed E-state index contributed by atoms with van der Waals surface area (Å²) in [5.41, 5.74) is 1.21. The van der Waals surface area contributed by atoms with Crippen LogP contribution in [0.4, 0.5) is 0 Å². The Hall–Kier alpha value is -1.47. The lowest BCUT2D eigenvalue weighted by Gasteiger charge is -2.36. The van der Waals surface area contributed by atoms with Gasteiger partial charge >= 0.3 is 0 Å². The number of hydrogen-bond acceptors (Lipinski definition) is 4. The van der Waals surface area contributed by atoms with Crippen molar-refractivity contribution < 1.29 is 17.6 Å². The van der Waals surface area contributed by atoms with Crippen LogP contribution < -0.4 is 0 Å². The van der Waals surface area contributed by atoms with Crippen molar-refractivity contribution >= 4 is 18.2 Å². The Morgan fingerprint density at radius 1 is 1.00 bits per heavy atom. The number of sulfone groups is 1. The smallest absolute Gasteiger partial charge is 0.210 e. The zero-order valence-corrected chi connectivity index (χ0v) is 20.5. The predicted molar refractivity (Wildman–Crippen MR) is 124 cm³/mol. The molecule has 6 heteroatoms. The second-order valence-electron chi connectivity index (χ2n) is 9.65. The van der Waals surface area contributed by atoms with Crippen LogP contribution in [0.15, 0.2) is 65.6 Å². The summed E-state index contributed by atoms with van der Waals surface area (Å²) in [4.78, 5) is -0.870. The van der Waals surface area contributed by atoms with Crippen LogP contribution in [0.3, 0.4) is 0 Å². The minimum Gasteiger partial charge on any atom is -0.414 e. The highest BCUT2D eigenvalue weighted by molar-refractivity contribution is 7.93. The van der Waals surface area contributed by atoms with E-state index in [9.17, 15) is 8.42 Å². The summed E-state index contributed by atoms with van der Waals surface area (Å²) < 4.78 is 39.3. The molecule has 2 aromatic carbocycles. The van der Waals surface area contributed by atoms with Crippen molar-refractivity contribution in [3.8, 4) is 0 Å². The molecule has 1 fully saturated rings. The molecule has 1 heterocycles. The summed E-state index contributed by atoms with van der Waals surface area (Å²) in [7, 11) is -5.61. The third-order valence-electron chi connectivity index (χ3n) is 6.52. The van der Waals surface area contributed by atoms with E-state index in [2.05, 4.69) is 46.0 Å². The van der Waals surface area contributed by atoms with Gasteiger partial charge in [-0.2, -0.15) is 0 Å². The van der Waals surface area contributed by atoms with E-state index in [-0.39, 0.29) is 5.04 Å². The highest BCUT2D eigenvalue weighted by Crippen LogP contribution is 2.49. The second-order valence-corrected chi connectivity index (χ2v) is 16.6. The molecule has 0 unspecified atom stereocenters. The number of aryl methyl sites for hydroxylation is 1.